The molecule has 0 aromatic heterocycles. The molecule has 3 aromatic rings. The topological polar surface area (TPSA) is 41.6 Å². The van der Waals surface area contributed by atoms with Crippen LogP contribution in [0.15, 0.2) is 71.6 Å². The van der Waals surface area contributed by atoms with Crippen LogP contribution in [0, 0.1) is 5.92 Å². The number of para-hydroxylation sites is 1. The first-order valence-corrected chi connectivity index (χ1v) is 13.2. The molecule has 176 valence electrons. The van der Waals surface area contributed by atoms with Crippen LogP contribution in [0.4, 0.5) is 5.69 Å². The van der Waals surface area contributed by atoms with Crippen molar-refractivity contribution in [3.8, 4) is 5.75 Å². The van der Waals surface area contributed by atoms with E-state index >= 15 is 0 Å². The third-order valence-corrected chi connectivity index (χ3v) is 8.04. The highest BCUT2D eigenvalue weighted by molar-refractivity contribution is 8.05. The number of nitrogens with one attached hydrogen (secondary N) is 1. The molecule has 1 unspecified atom stereocenters. The molecule has 34 heavy (non-hydrogen) atoms. The fourth-order valence-electron chi connectivity index (χ4n) is 5.20. The number of amides is 1. The lowest BCUT2D eigenvalue weighted by Gasteiger charge is -2.39. The number of carbonyl (C=O) groups excluding carboxylic acids is 1. The molecule has 3 aromatic carbocycles. The number of thioether (sulfide) groups is 1. The van der Waals surface area contributed by atoms with Crippen molar-refractivity contribution < 1.29 is 9.53 Å². The number of nitrogens with zero attached hydrogens (tertiary/aromatic N) is 1. The van der Waals surface area contributed by atoms with Crippen molar-refractivity contribution in [2.45, 2.75) is 51.1 Å². The van der Waals surface area contributed by atoms with Crippen molar-refractivity contribution in [2.24, 2.45) is 5.92 Å². The zero-order chi connectivity index (χ0) is 23.5. The number of anilines is 1. The van der Waals surface area contributed by atoms with Crippen molar-refractivity contribution in [2.75, 3.05) is 11.9 Å². The quantitative estimate of drug-likeness (QED) is 0.388. The molecule has 1 N–H and O–H groups in total. The van der Waals surface area contributed by atoms with E-state index in [2.05, 4.69) is 47.5 Å². The Kier molecular flexibility index (Phi) is 6.82. The van der Waals surface area contributed by atoms with Gasteiger partial charge in [0.05, 0.1) is 11.5 Å². The Morgan fingerprint density at radius 3 is 2.59 bits per heavy atom. The molecule has 1 heterocycles. The van der Waals surface area contributed by atoms with E-state index in [1.54, 1.807) is 11.8 Å². The molecule has 0 spiro atoms. The van der Waals surface area contributed by atoms with E-state index < -0.39 is 0 Å². The molecular weight excluding hydrogens is 440 g/mol. The molecule has 5 heteroatoms. The molecule has 1 amide bonds. The van der Waals surface area contributed by atoms with Crippen molar-refractivity contribution in [1.82, 2.24) is 4.90 Å². The van der Waals surface area contributed by atoms with Crippen molar-refractivity contribution >= 4 is 40.2 Å². The van der Waals surface area contributed by atoms with E-state index in [0.29, 0.717) is 12.5 Å². The molecule has 4 nitrogen and oxygen atoms in total. The van der Waals surface area contributed by atoms with Crippen LogP contribution in [0.3, 0.4) is 0 Å². The predicted octanol–water partition coefficient (Wildman–Crippen LogP) is 7.13. The van der Waals surface area contributed by atoms with Crippen LogP contribution in [-0.2, 0) is 4.79 Å². The van der Waals surface area contributed by atoms with Gasteiger partial charge in [0, 0.05) is 17.3 Å². The average Bonchev–Trinajstić information content (AvgIpc) is 3.16. The molecule has 1 saturated heterocycles. The molecule has 1 aliphatic carbocycles. The minimum Gasteiger partial charge on any atom is -0.493 e. The van der Waals surface area contributed by atoms with Gasteiger partial charge in [-0.3, -0.25) is 4.79 Å². The smallest absolute Gasteiger partial charge is 0.262 e. The van der Waals surface area contributed by atoms with Gasteiger partial charge in [-0.2, -0.15) is 0 Å². The van der Waals surface area contributed by atoms with Crippen LogP contribution in [0.25, 0.3) is 16.8 Å². The Hall–Kier alpha value is -2.92. The summed E-state index contributed by atoms with van der Waals surface area (Å²) in [5.41, 5.74) is 1.88. The normalized spacial score (nSPS) is 24.1. The SMILES string of the molecule is CCOc1ccc2ccccc2c1/C=C1\SC(Nc2ccccc2)N([C@H]2CCCC[C@@H]2C)C1=O. The zero-order valence-corrected chi connectivity index (χ0v) is 20.7. The second-order valence-electron chi connectivity index (χ2n) is 9.16. The van der Waals surface area contributed by atoms with Crippen LogP contribution in [0.5, 0.6) is 5.75 Å². The number of ether oxygens (including phenoxy) is 1. The summed E-state index contributed by atoms with van der Waals surface area (Å²) in [5.74, 6) is 1.43. The van der Waals surface area contributed by atoms with Gasteiger partial charge in [-0.15, -0.1) is 0 Å². The fourth-order valence-corrected chi connectivity index (χ4v) is 6.40. The largest absolute Gasteiger partial charge is 0.493 e. The maximum absolute atomic E-state index is 13.9. The molecule has 2 fully saturated rings. The summed E-state index contributed by atoms with van der Waals surface area (Å²) in [7, 11) is 0. The van der Waals surface area contributed by atoms with Crippen LogP contribution in [-0.4, -0.2) is 29.0 Å². The molecule has 1 saturated carbocycles. The third kappa shape index (κ3) is 4.54. The van der Waals surface area contributed by atoms with Crippen LogP contribution in [0.1, 0.15) is 45.1 Å². The van der Waals surface area contributed by atoms with Crippen molar-refractivity contribution in [3.05, 3.63) is 77.2 Å². The lowest BCUT2D eigenvalue weighted by molar-refractivity contribution is -0.129. The van der Waals surface area contributed by atoms with Gasteiger partial charge in [-0.1, -0.05) is 80.1 Å². The minimum absolute atomic E-state index is 0.118. The second kappa shape index (κ2) is 10.1. The van der Waals surface area contributed by atoms with E-state index in [0.717, 1.165) is 39.1 Å². The Bertz CT molecular complexity index is 1190. The summed E-state index contributed by atoms with van der Waals surface area (Å²) in [4.78, 5) is 16.8. The fraction of sp³-hybridized carbons (Fsp3) is 0.345. The van der Waals surface area contributed by atoms with Crippen molar-refractivity contribution in [3.63, 3.8) is 0 Å². The van der Waals surface area contributed by atoms with Gasteiger partial charge < -0.3 is 15.0 Å². The molecule has 1 aliphatic heterocycles. The third-order valence-electron chi connectivity index (χ3n) is 6.93. The lowest BCUT2D eigenvalue weighted by atomic mass is 9.85. The molecule has 5 rings (SSSR count). The lowest BCUT2D eigenvalue weighted by Crippen LogP contribution is -2.48. The van der Waals surface area contributed by atoms with E-state index in [9.17, 15) is 4.79 Å². The van der Waals surface area contributed by atoms with Gasteiger partial charge in [-0.25, -0.2) is 0 Å². The molecular formula is C29H32N2O2S. The Morgan fingerprint density at radius 2 is 1.79 bits per heavy atom. The predicted molar refractivity (Wildman–Crippen MR) is 143 cm³/mol. The first kappa shape index (κ1) is 22.9. The van der Waals surface area contributed by atoms with Gasteiger partial charge in [0.2, 0.25) is 0 Å². The summed E-state index contributed by atoms with van der Waals surface area (Å²) in [5, 5.41) is 5.87. The van der Waals surface area contributed by atoms with Gasteiger partial charge in [-0.05, 0) is 60.7 Å². The van der Waals surface area contributed by atoms with E-state index in [4.69, 9.17) is 4.74 Å². The summed E-state index contributed by atoms with van der Waals surface area (Å²) >= 11 is 1.62. The maximum atomic E-state index is 13.9. The summed E-state index contributed by atoms with van der Waals surface area (Å²) in [6.07, 6.45) is 6.71. The summed E-state index contributed by atoms with van der Waals surface area (Å²) in [6, 6.07) is 22.8. The number of fused-ring (bicyclic) bond motifs is 1. The van der Waals surface area contributed by atoms with Gasteiger partial charge in [0.15, 0.2) is 5.50 Å². The molecule has 0 bridgehead atoms. The second-order valence-corrected chi connectivity index (χ2v) is 10.3. The van der Waals surface area contributed by atoms with E-state index in [-0.39, 0.29) is 17.4 Å². The van der Waals surface area contributed by atoms with Gasteiger partial charge in [0.1, 0.15) is 5.75 Å². The Morgan fingerprint density at radius 1 is 1.03 bits per heavy atom. The Balaban J connectivity index is 1.56. The van der Waals surface area contributed by atoms with E-state index in [1.165, 1.54) is 19.3 Å². The highest BCUT2D eigenvalue weighted by Crippen LogP contribution is 2.43. The molecule has 2 aliphatic rings. The standard InChI is InChI=1S/C29H32N2O2S/c1-3-33-26-18-17-21-12-8-9-15-23(21)24(26)19-27-28(32)31(25-16-10-7-11-20(25)2)29(34-27)30-22-13-5-4-6-14-22/h4-6,8-9,12-15,17-20,25,29-30H,3,7,10-11,16H2,1-2H3/b27-19-/t20-,25-,29?/m0/s1. The van der Waals surface area contributed by atoms with Crippen molar-refractivity contribution in [1.29, 1.82) is 0 Å². The number of benzene rings is 3. The monoisotopic (exact) mass is 472 g/mol. The maximum Gasteiger partial charge on any atom is 0.262 e. The summed E-state index contributed by atoms with van der Waals surface area (Å²) < 4.78 is 5.98. The molecule has 0 radical (unpaired) electrons. The number of hydrogen-bond acceptors (Lipinski definition) is 4. The average molecular weight is 473 g/mol. The zero-order valence-electron chi connectivity index (χ0n) is 19.9. The van der Waals surface area contributed by atoms with Crippen LogP contribution < -0.4 is 10.1 Å². The Labute approximate surface area is 206 Å². The highest BCUT2D eigenvalue weighted by atomic mass is 32.2. The number of hydrogen-bond donors (Lipinski definition) is 1. The minimum atomic E-state index is -0.128. The van der Waals surface area contributed by atoms with Crippen LogP contribution >= 0.6 is 11.8 Å². The van der Waals surface area contributed by atoms with Gasteiger partial charge in [0.25, 0.3) is 5.91 Å². The number of rotatable bonds is 6. The highest BCUT2D eigenvalue weighted by Gasteiger charge is 2.43. The first-order chi connectivity index (χ1) is 16.7. The number of carbonyl (C=O) groups is 1. The first-order valence-electron chi connectivity index (χ1n) is 12.3. The van der Waals surface area contributed by atoms with E-state index in [1.807, 2.05) is 49.4 Å². The van der Waals surface area contributed by atoms with Gasteiger partial charge >= 0.3 is 0 Å². The summed E-state index contributed by atoms with van der Waals surface area (Å²) in [6.45, 7) is 4.87. The van der Waals surface area contributed by atoms with Crippen LogP contribution in [0.2, 0.25) is 0 Å². The molecule has 3 atom stereocenters.